The highest BCUT2D eigenvalue weighted by Crippen LogP contribution is 2.53. The van der Waals surface area contributed by atoms with Gasteiger partial charge in [0.15, 0.2) is 5.96 Å². The number of nitrogens with one attached hydrogen (secondary N) is 2. The Kier molecular flexibility index (Phi) is 10.9. The average Bonchev–Trinajstić information content (AvgIpc) is 2.61. The summed E-state index contributed by atoms with van der Waals surface area (Å²) in [6.07, 6.45) is 8.94. The van der Waals surface area contributed by atoms with Crippen LogP contribution < -0.4 is 10.6 Å². The van der Waals surface area contributed by atoms with E-state index in [4.69, 9.17) is 9.47 Å². The predicted octanol–water partition coefficient (Wildman–Crippen LogP) is 1.96. The van der Waals surface area contributed by atoms with Gasteiger partial charge in [-0.1, -0.05) is 19.3 Å². The summed E-state index contributed by atoms with van der Waals surface area (Å²) < 4.78 is 33.5. The van der Waals surface area contributed by atoms with Gasteiger partial charge in [0.1, 0.15) is 9.84 Å². The highest BCUT2D eigenvalue weighted by Gasteiger charge is 2.55. The van der Waals surface area contributed by atoms with Crippen LogP contribution in [-0.2, 0) is 19.3 Å². The third-order valence-electron chi connectivity index (χ3n) is 5.61. The SMILES string of the molecule is CCOC1CC(NC(=NC)NCCOCCS(C)(=O)=O)C12CCCCC2.I. The second-order valence-electron chi connectivity index (χ2n) is 7.41. The van der Waals surface area contributed by atoms with Crippen LogP contribution in [0, 0.1) is 5.41 Å². The predicted molar refractivity (Wildman–Crippen MR) is 120 cm³/mol. The molecule has 160 valence electrons. The fraction of sp³-hybridized carbons (Fsp3) is 0.944. The van der Waals surface area contributed by atoms with Crippen LogP contribution in [-0.4, -0.2) is 71.9 Å². The summed E-state index contributed by atoms with van der Waals surface area (Å²) in [4.78, 5) is 4.32. The second-order valence-corrected chi connectivity index (χ2v) is 9.67. The standard InChI is InChI=1S/C18H35N3O4S.HI/c1-4-25-16-14-15(18(16)8-6-5-7-9-18)21-17(19-2)20-10-11-24-12-13-26(3,22)23;/h15-16H,4-14H2,1-3H3,(H2,19,20,21);1H. The maximum atomic E-state index is 11.1. The number of nitrogens with zero attached hydrogens (tertiary/aromatic N) is 1. The van der Waals surface area contributed by atoms with Gasteiger partial charge in [-0.15, -0.1) is 24.0 Å². The maximum absolute atomic E-state index is 11.1. The van der Waals surface area contributed by atoms with Gasteiger partial charge in [-0.2, -0.15) is 0 Å². The van der Waals surface area contributed by atoms with Crippen LogP contribution in [0.2, 0.25) is 0 Å². The Morgan fingerprint density at radius 3 is 2.52 bits per heavy atom. The van der Waals surface area contributed by atoms with Gasteiger partial charge < -0.3 is 20.1 Å². The lowest BCUT2D eigenvalue weighted by Crippen LogP contribution is -2.66. The van der Waals surface area contributed by atoms with Crippen molar-refractivity contribution < 1.29 is 17.9 Å². The first kappa shape index (κ1) is 24.9. The molecule has 0 aliphatic heterocycles. The molecule has 7 nitrogen and oxygen atoms in total. The molecular formula is C18H36IN3O4S. The lowest BCUT2D eigenvalue weighted by atomic mass is 9.55. The minimum absolute atomic E-state index is 0. The normalized spacial score (nSPS) is 24.8. The zero-order valence-corrected chi connectivity index (χ0v) is 20.0. The monoisotopic (exact) mass is 517 g/mol. The quantitative estimate of drug-likeness (QED) is 0.211. The number of ether oxygens (including phenoxy) is 2. The van der Waals surface area contributed by atoms with Crippen molar-refractivity contribution in [1.29, 1.82) is 0 Å². The number of sulfone groups is 1. The highest BCUT2D eigenvalue weighted by atomic mass is 127. The number of aliphatic imine (C=N–C) groups is 1. The lowest BCUT2D eigenvalue weighted by Gasteiger charge is -2.57. The third-order valence-corrected chi connectivity index (χ3v) is 6.52. The Morgan fingerprint density at radius 1 is 1.22 bits per heavy atom. The second kappa shape index (κ2) is 11.8. The first-order chi connectivity index (χ1) is 12.4. The summed E-state index contributed by atoms with van der Waals surface area (Å²) in [7, 11) is -1.19. The molecule has 2 fully saturated rings. The summed E-state index contributed by atoms with van der Waals surface area (Å²) >= 11 is 0. The van der Waals surface area contributed by atoms with Crippen molar-refractivity contribution in [3.63, 3.8) is 0 Å². The van der Waals surface area contributed by atoms with Crippen molar-refractivity contribution in [2.75, 3.05) is 45.4 Å². The van der Waals surface area contributed by atoms with Crippen LogP contribution in [0.4, 0.5) is 0 Å². The van der Waals surface area contributed by atoms with Crippen molar-refractivity contribution in [1.82, 2.24) is 10.6 Å². The zero-order chi connectivity index (χ0) is 19.0. The molecule has 2 unspecified atom stereocenters. The molecule has 0 aromatic carbocycles. The van der Waals surface area contributed by atoms with Gasteiger partial charge >= 0.3 is 0 Å². The van der Waals surface area contributed by atoms with Gasteiger partial charge in [0, 0.05) is 37.9 Å². The van der Waals surface area contributed by atoms with Crippen LogP contribution in [0.3, 0.4) is 0 Å². The van der Waals surface area contributed by atoms with E-state index in [1.165, 1.54) is 38.4 Å². The van der Waals surface area contributed by atoms with Gasteiger partial charge in [0.25, 0.3) is 0 Å². The van der Waals surface area contributed by atoms with Crippen molar-refractivity contribution in [2.45, 2.75) is 57.6 Å². The lowest BCUT2D eigenvalue weighted by molar-refractivity contribution is -0.145. The highest BCUT2D eigenvalue weighted by molar-refractivity contribution is 14.0. The van der Waals surface area contributed by atoms with E-state index in [2.05, 4.69) is 22.5 Å². The smallest absolute Gasteiger partial charge is 0.191 e. The number of hydrogen-bond donors (Lipinski definition) is 2. The molecule has 0 heterocycles. The zero-order valence-electron chi connectivity index (χ0n) is 16.8. The van der Waals surface area contributed by atoms with Crippen LogP contribution in [0.5, 0.6) is 0 Å². The van der Waals surface area contributed by atoms with E-state index < -0.39 is 9.84 Å². The summed E-state index contributed by atoms with van der Waals surface area (Å²) in [5.41, 5.74) is 0.248. The van der Waals surface area contributed by atoms with Crippen molar-refractivity contribution in [3.05, 3.63) is 0 Å². The number of hydrogen-bond acceptors (Lipinski definition) is 5. The molecule has 0 aromatic rings. The molecule has 0 bridgehead atoms. The first-order valence-electron chi connectivity index (χ1n) is 9.75. The molecule has 2 rings (SSSR count). The Labute approximate surface area is 181 Å². The largest absolute Gasteiger partial charge is 0.379 e. The molecule has 0 aromatic heterocycles. The molecule has 2 atom stereocenters. The summed E-state index contributed by atoms with van der Waals surface area (Å²) in [5, 5.41) is 6.83. The molecule has 2 aliphatic rings. The van der Waals surface area contributed by atoms with Crippen LogP contribution in [0.15, 0.2) is 4.99 Å². The molecule has 2 N–H and O–H groups in total. The van der Waals surface area contributed by atoms with E-state index >= 15 is 0 Å². The molecule has 0 amide bonds. The van der Waals surface area contributed by atoms with Crippen molar-refractivity contribution in [3.8, 4) is 0 Å². The molecular weight excluding hydrogens is 481 g/mol. The Balaban J connectivity index is 0.00000364. The van der Waals surface area contributed by atoms with Crippen molar-refractivity contribution in [2.24, 2.45) is 10.4 Å². The van der Waals surface area contributed by atoms with E-state index in [1.807, 2.05) is 0 Å². The molecule has 1 spiro atoms. The fourth-order valence-electron chi connectivity index (χ4n) is 4.18. The van der Waals surface area contributed by atoms with Crippen LogP contribution in [0.25, 0.3) is 0 Å². The average molecular weight is 517 g/mol. The summed E-state index contributed by atoms with van der Waals surface area (Å²) in [5.74, 6) is 0.838. The minimum atomic E-state index is -2.96. The van der Waals surface area contributed by atoms with E-state index in [1.54, 1.807) is 7.05 Å². The van der Waals surface area contributed by atoms with E-state index in [0.29, 0.717) is 25.3 Å². The summed E-state index contributed by atoms with van der Waals surface area (Å²) in [6.45, 7) is 4.12. The van der Waals surface area contributed by atoms with Crippen molar-refractivity contribution >= 4 is 39.8 Å². The van der Waals surface area contributed by atoms with Crippen LogP contribution in [0.1, 0.15) is 45.4 Å². The minimum Gasteiger partial charge on any atom is -0.379 e. The molecule has 2 aliphatic carbocycles. The number of guanidine groups is 1. The molecule has 2 saturated carbocycles. The third kappa shape index (κ3) is 7.32. The fourth-order valence-corrected chi connectivity index (χ4v) is 4.60. The molecule has 27 heavy (non-hydrogen) atoms. The number of rotatable bonds is 9. The summed E-state index contributed by atoms with van der Waals surface area (Å²) in [6, 6.07) is 0.400. The van der Waals surface area contributed by atoms with Crippen LogP contribution >= 0.6 is 24.0 Å². The van der Waals surface area contributed by atoms with E-state index in [9.17, 15) is 8.42 Å². The number of halogens is 1. The maximum Gasteiger partial charge on any atom is 0.191 e. The molecule has 0 saturated heterocycles. The van der Waals surface area contributed by atoms with E-state index in [0.717, 1.165) is 19.0 Å². The Morgan fingerprint density at radius 2 is 1.93 bits per heavy atom. The van der Waals surface area contributed by atoms with Gasteiger partial charge in [0.05, 0.1) is 25.1 Å². The van der Waals surface area contributed by atoms with Gasteiger partial charge in [-0.05, 0) is 26.2 Å². The van der Waals surface area contributed by atoms with Gasteiger partial charge in [-0.3, -0.25) is 4.99 Å². The first-order valence-corrected chi connectivity index (χ1v) is 11.8. The Bertz CT molecular complexity index is 565. The van der Waals surface area contributed by atoms with Gasteiger partial charge in [0.2, 0.25) is 0 Å². The molecule has 0 radical (unpaired) electrons. The van der Waals surface area contributed by atoms with Gasteiger partial charge in [-0.25, -0.2) is 8.42 Å². The topological polar surface area (TPSA) is 89.0 Å². The van der Waals surface area contributed by atoms with E-state index in [-0.39, 0.29) is 41.8 Å². The Hall–Kier alpha value is -0.130. The molecule has 9 heteroatoms.